The van der Waals surface area contributed by atoms with Gasteiger partial charge in [-0.05, 0) is 43.9 Å². The average Bonchev–Trinajstić information content (AvgIpc) is 2.35. The first-order chi connectivity index (χ1) is 9.14. The first kappa shape index (κ1) is 15.4. The third-order valence-electron chi connectivity index (χ3n) is 4.19. The number of halogens is 1. The Bertz CT molecular complexity index is 613. The van der Waals surface area contributed by atoms with Crippen LogP contribution < -0.4 is 0 Å². The van der Waals surface area contributed by atoms with Gasteiger partial charge in [0.15, 0.2) is 0 Å². The van der Waals surface area contributed by atoms with E-state index in [9.17, 15) is 17.9 Å². The molecule has 2 atom stereocenters. The molecule has 112 valence electrons. The second kappa shape index (κ2) is 5.09. The Labute approximate surface area is 119 Å². The molecule has 0 unspecified atom stereocenters. The number of hydrogen-bond acceptors (Lipinski definition) is 3. The molecular weight excluding hydrogens is 281 g/mol. The summed E-state index contributed by atoms with van der Waals surface area (Å²) >= 11 is 0. The van der Waals surface area contributed by atoms with Crippen molar-refractivity contribution >= 4 is 10.0 Å². The molecule has 0 bridgehead atoms. The van der Waals surface area contributed by atoms with E-state index in [0.29, 0.717) is 12.0 Å². The zero-order chi connectivity index (χ0) is 15.1. The molecule has 1 aliphatic rings. The van der Waals surface area contributed by atoms with E-state index < -0.39 is 21.4 Å². The quantitative estimate of drug-likeness (QED) is 0.908. The van der Waals surface area contributed by atoms with Gasteiger partial charge in [0.05, 0.1) is 10.5 Å². The highest BCUT2D eigenvalue weighted by atomic mass is 32.2. The number of piperidine rings is 1. The standard InChI is InChI=1S/C14H20FNO3S/c1-10-4-5-12(8-13(10)15)20(18,19)16-7-6-14(3,17)11(2)9-16/h4-5,8,11,17H,6-7,9H2,1-3H3/t11-,14+/m0/s1. The summed E-state index contributed by atoms with van der Waals surface area (Å²) < 4.78 is 39.8. The molecule has 0 saturated carbocycles. The lowest BCUT2D eigenvalue weighted by Gasteiger charge is -2.40. The highest BCUT2D eigenvalue weighted by molar-refractivity contribution is 7.89. The molecule has 4 nitrogen and oxygen atoms in total. The summed E-state index contributed by atoms with van der Waals surface area (Å²) in [5.41, 5.74) is -0.441. The van der Waals surface area contributed by atoms with E-state index in [1.165, 1.54) is 16.4 Å². The van der Waals surface area contributed by atoms with Crippen molar-refractivity contribution in [2.24, 2.45) is 5.92 Å². The largest absolute Gasteiger partial charge is 0.390 e. The van der Waals surface area contributed by atoms with Crippen LogP contribution in [0.1, 0.15) is 25.8 Å². The first-order valence-electron chi connectivity index (χ1n) is 6.63. The highest BCUT2D eigenvalue weighted by Crippen LogP contribution is 2.30. The second-order valence-corrected chi connectivity index (χ2v) is 7.72. The first-order valence-corrected chi connectivity index (χ1v) is 8.07. The van der Waals surface area contributed by atoms with E-state index in [4.69, 9.17) is 0 Å². The van der Waals surface area contributed by atoms with Crippen LogP contribution in [-0.4, -0.2) is 36.5 Å². The van der Waals surface area contributed by atoms with E-state index >= 15 is 0 Å². The molecule has 1 aliphatic heterocycles. The van der Waals surface area contributed by atoms with Crippen LogP contribution in [0.15, 0.2) is 23.1 Å². The topological polar surface area (TPSA) is 57.6 Å². The zero-order valence-corrected chi connectivity index (χ0v) is 12.7. The Morgan fingerprint density at radius 1 is 1.45 bits per heavy atom. The van der Waals surface area contributed by atoms with Crippen molar-refractivity contribution in [3.05, 3.63) is 29.6 Å². The van der Waals surface area contributed by atoms with E-state index in [1.807, 2.05) is 6.92 Å². The van der Waals surface area contributed by atoms with Crippen LogP contribution in [0.25, 0.3) is 0 Å². The van der Waals surface area contributed by atoms with E-state index in [0.717, 1.165) is 6.07 Å². The monoisotopic (exact) mass is 301 g/mol. The Morgan fingerprint density at radius 3 is 2.65 bits per heavy atom. The van der Waals surface area contributed by atoms with Crippen molar-refractivity contribution in [1.82, 2.24) is 4.31 Å². The average molecular weight is 301 g/mol. The van der Waals surface area contributed by atoms with Gasteiger partial charge in [0, 0.05) is 13.1 Å². The van der Waals surface area contributed by atoms with Gasteiger partial charge in [-0.15, -0.1) is 0 Å². The summed E-state index contributed by atoms with van der Waals surface area (Å²) in [6, 6.07) is 3.94. The van der Waals surface area contributed by atoms with Crippen molar-refractivity contribution in [2.75, 3.05) is 13.1 Å². The molecule has 0 spiro atoms. The molecule has 1 aromatic rings. The van der Waals surface area contributed by atoms with Gasteiger partial charge in [0.1, 0.15) is 5.82 Å². The molecule has 1 fully saturated rings. The summed E-state index contributed by atoms with van der Waals surface area (Å²) in [6.45, 7) is 5.61. The predicted octanol–water partition coefficient (Wildman–Crippen LogP) is 1.92. The number of aliphatic hydroxyl groups is 1. The third-order valence-corrected chi connectivity index (χ3v) is 6.05. The molecule has 1 saturated heterocycles. The van der Waals surface area contributed by atoms with Gasteiger partial charge >= 0.3 is 0 Å². The minimum atomic E-state index is -3.70. The minimum Gasteiger partial charge on any atom is -0.390 e. The lowest BCUT2D eigenvalue weighted by molar-refractivity contribution is -0.0333. The van der Waals surface area contributed by atoms with Crippen molar-refractivity contribution < 1.29 is 17.9 Å². The normalized spacial score (nSPS) is 28.6. The summed E-state index contributed by atoms with van der Waals surface area (Å²) in [7, 11) is -3.70. The van der Waals surface area contributed by atoms with Gasteiger partial charge in [-0.3, -0.25) is 0 Å². The van der Waals surface area contributed by atoms with E-state index in [1.54, 1.807) is 13.8 Å². The SMILES string of the molecule is Cc1ccc(S(=O)(=O)N2CC[C@@](C)(O)[C@@H](C)C2)cc1F. The lowest BCUT2D eigenvalue weighted by atomic mass is 9.85. The molecule has 1 N–H and O–H groups in total. The van der Waals surface area contributed by atoms with Crippen LogP contribution in [0.4, 0.5) is 4.39 Å². The number of sulfonamides is 1. The number of hydrogen-bond donors (Lipinski definition) is 1. The fraction of sp³-hybridized carbons (Fsp3) is 0.571. The zero-order valence-electron chi connectivity index (χ0n) is 11.9. The Kier molecular flexibility index (Phi) is 3.92. The van der Waals surface area contributed by atoms with Gasteiger partial charge < -0.3 is 5.11 Å². The van der Waals surface area contributed by atoms with Crippen LogP contribution in [0.2, 0.25) is 0 Å². The van der Waals surface area contributed by atoms with Crippen LogP contribution in [0.3, 0.4) is 0 Å². The number of aryl methyl sites for hydroxylation is 1. The lowest BCUT2D eigenvalue weighted by Crippen LogP contribution is -2.50. The molecule has 0 aromatic heterocycles. The molecular formula is C14H20FNO3S. The van der Waals surface area contributed by atoms with E-state index in [2.05, 4.69) is 0 Å². The summed E-state index contributed by atoms with van der Waals surface area (Å²) in [4.78, 5) is -0.0330. The Balaban J connectivity index is 2.29. The molecule has 0 aliphatic carbocycles. The van der Waals surface area contributed by atoms with Crippen molar-refractivity contribution in [3.63, 3.8) is 0 Å². The van der Waals surface area contributed by atoms with Gasteiger partial charge in [0.2, 0.25) is 10.0 Å². The Morgan fingerprint density at radius 2 is 2.10 bits per heavy atom. The van der Waals surface area contributed by atoms with Crippen molar-refractivity contribution in [2.45, 2.75) is 37.7 Å². The van der Waals surface area contributed by atoms with Crippen LogP contribution in [0, 0.1) is 18.7 Å². The van der Waals surface area contributed by atoms with Crippen LogP contribution in [-0.2, 0) is 10.0 Å². The maximum atomic E-state index is 13.6. The highest BCUT2D eigenvalue weighted by Gasteiger charge is 2.39. The maximum Gasteiger partial charge on any atom is 0.243 e. The molecule has 0 radical (unpaired) electrons. The summed E-state index contributed by atoms with van der Waals surface area (Å²) in [6.07, 6.45) is 0.377. The summed E-state index contributed by atoms with van der Waals surface area (Å²) in [5.74, 6) is -0.690. The minimum absolute atomic E-state index is 0.0330. The number of nitrogens with zero attached hydrogens (tertiary/aromatic N) is 1. The summed E-state index contributed by atoms with van der Waals surface area (Å²) in [5, 5.41) is 10.1. The molecule has 20 heavy (non-hydrogen) atoms. The number of rotatable bonds is 2. The van der Waals surface area contributed by atoms with Gasteiger partial charge in [-0.25, -0.2) is 12.8 Å². The molecule has 1 heterocycles. The predicted molar refractivity (Wildman–Crippen MR) is 74.3 cm³/mol. The Hall–Kier alpha value is -0.980. The van der Waals surface area contributed by atoms with Gasteiger partial charge in [-0.1, -0.05) is 13.0 Å². The van der Waals surface area contributed by atoms with Crippen molar-refractivity contribution in [3.8, 4) is 0 Å². The molecule has 2 rings (SSSR count). The maximum absolute atomic E-state index is 13.6. The van der Waals surface area contributed by atoms with Crippen LogP contribution in [0.5, 0.6) is 0 Å². The molecule has 0 amide bonds. The van der Waals surface area contributed by atoms with Gasteiger partial charge in [0.25, 0.3) is 0 Å². The van der Waals surface area contributed by atoms with Crippen molar-refractivity contribution in [1.29, 1.82) is 0 Å². The van der Waals surface area contributed by atoms with E-state index in [-0.39, 0.29) is 23.9 Å². The molecule has 6 heteroatoms. The molecule has 1 aromatic carbocycles. The number of benzene rings is 1. The smallest absolute Gasteiger partial charge is 0.243 e. The fourth-order valence-electron chi connectivity index (χ4n) is 2.29. The fourth-order valence-corrected chi connectivity index (χ4v) is 3.83. The van der Waals surface area contributed by atoms with Gasteiger partial charge in [-0.2, -0.15) is 4.31 Å². The second-order valence-electron chi connectivity index (χ2n) is 5.78. The van der Waals surface area contributed by atoms with Crippen LogP contribution >= 0.6 is 0 Å². The third kappa shape index (κ3) is 2.73.